The highest BCUT2D eigenvalue weighted by Gasteiger charge is 2.24. The summed E-state index contributed by atoms with van der Waals surface area (Å²) in [6.07, 6.45) is 3.98. The van der Waals surface area contributed by atoms with Gasteiger partial charge < -0.3 is 4.74 Å². The number of aliphatic imine (C=N–C) groups is 1. The number of ether oxygens (including phenoxy) is 1. The van der Waals surface area contributed by atoms with Crippen LogP contribution in [-0.4, -0.2) is 16.9 Å². The maximum Gasteiger partial charge on any atom is 0.363 e. The molecule has 0 amide bonds. The summed E-state index contributed by atoms with van der Waals surface area (Å²) in [7, 11) is 0. The minimum Gasteiger partial charge on any atom is -0.401 e. The van der Waals surface area contributed by atoms with Crippen LogP contribution in [0.3, 0.4) is 0 Å². The van der Waals surface area contributed by atoms with Crippen molar-refractivity contribution in [3.63, 3.8) is 0 Å². The fourth-order valence-corrected chi connectivity index (χ4v) is 2.23. The molecule has 2 aromatic heterocycles. The third-order valence-electron chi connectivity index (χ3n) is 2.38. The van der Waals surface area contributed by atoms with Crippen LogP contribution < -0.4 is 0 Å². The van der Waals surface area contributed by atoms with Gasteiger partial charge in [-0.15, -0.1) is 11.3 Å². The first kappa shape index (κ1) is 11.7. The molecule has 6 heteroatoms. The van der Waals surface area contributed by atoms with Gasteiger partial charge >= 0.3 is 5.97 Å². The van der Waals surface area contributed by atoms with Crippen LogP contribution in [0.4, 0.5) is 4.39 Å². The zero-order chi connectivity index (χ0) is 13.2. The number of cyclic esters (lactones) is 1. The van der Waals surface area contributed by atoms with Crippen molar-refractivity contribution in [2.75, 3.05) is 0 Å². The fourth-order valence-electron chi connectivity index (χ4n) is 1.58. The van der Waals surface area contributed by atoms with E-state index in [1.807, 2.05) is 17.5 Å². The Bertz CT molecular complexity index is 692. The van der Waals surface area contributed by atoms with Crippen LogP contribution >= 0.6 is 11.3 Å². The number of hydrogen-bond acceptors (Lipinski definition) is 5. The van der Waals surface area contributed by atoms with Gasteiger partial charge in [-0.25, -0.2) is 14.2 Å². The topological polar surface area (TPSA) is 51.5 Å². The predicted molar refractivity (Wildman–Crippen MR) is 69.1 cm³/mol. The van der Waals surface area contributed by atoms with Crippen molar-refractivity contribution in [2.24, 2.45) is 4.99 Å². The smallest absolute Gasteiger partial charge is 0.363 e. The number of esters is 1. The van der Waals surface area contributed by atoms with Gasteiger partial charge in [0.15, 0.2) is 5.70 Å². The molecule has 0 aromatic carbocycles. The summed E-state index contributed by atoms with van der Waals surface area (Å²) < 4.78 is 18.1. The van der Waals surface area contributed by atoms with Gasteiger partial charge in [-0.1, -0.05) is 6.07 Å². The summed E-state index contributed by atoms with van der Waals surface area (Å²) in [6, 6.07) is 4.92. The molecule has 0 saturated heterocycles. The Labute approximate surface area is 111 Å². The molecule has 4 nitrogen and oxygen atoms in total. The normalized spacial score (nSPS) is 16.6. The van der Waals surface area contributed by atoms with Crippen LogP contribution in [0.1, 0.15) is 10.4 Å². The lowest BCUT2D eigenvalue weighted by Gasteiger charge is -1.93. The van der Waals surface area contributed by atoms with Crippen molar-refractivity contribution in [3.8, 4) is 0 Å². The Kier molecular flexibility index (Phi) is 2.92. The standard InChI is InChI=1S/C13H7FN2O2S/c14-9-4-8(6-15-7-9)5-10-13(17)18-12(16-10)11-2-1-3-19-11/h1-7H/b10-5+. The second kappa shape index (κ2) is 4.74. The van der Waals surface area contributed by atoms with Crippen molar-refractivity contribution >= 4 is 29.3 Å². The summed E-state index contributed by atoms with van der Waals surface area (Å²) in [5.74, 6) is -0.744. The van der Waals surface area contributed by atoms with E-state index in [1.54, 1.807) is 0 Å². The lowest BCUT2D eigenvalue weighted by molar-refractivity contribution is -0.129. The number of aromatic nitrogens is 1. The van der Waals surface area contributed by atoms with Crippen molar-refractivity contribution < 1.29 is 13.9 Å². The maximum absolute atomic E-state index is 13.0. The summed E-state index contributed by atoms with van der Waals surface area (Å²) in [5.41, 5.74) is 0.596. The first-order chi connectivity index (χ1) is 9.22. The Balaban J connectivity index is 1.95. The number of carbonyl (C=O) groups is 1. The van der Waals surface area contributed by atoms with E-state index in [0.29, 0.717) is 5.56 Å². The van der Waals surface area contributed by atoms with Crippen molar-refractivity contribution in [2.45, 2.75) is 0 Å². The van der Waals surface area contributed by atoms with Crippen LogP contribution in [0.15, 0.2) is 46.7 Å². The summed E-state index contributed by atoms with van der Waals surface area (Å²) in [4.78, 5) is 20.2. The fraction of sp³-hybridized carbons (Fsp3) is 0. The molecule has 0 fully saturated rings. The molecule has 0 radical (unpaired) electrons. The Morgan fingerprint density at radius 1 is 1.37 bits per heavy atom. The molecule has 3 heterocycles. The predicted octanol–water partition coefficient (Wildman–Crippen LogP) is 2.63. The van der Waals surface area contributed by atoms with Gasteiger partial charge in [0.2, 0.25) is 5.90 Å². The van der Waals surface area contributed by atoms with Gasteiger partial charge in [0.05, 0.1) is 11.1 Å². The molecule has 94 valence electrons. The highest BCUT2D eigenvalue weighted by Crippen LogP contribution is 2.21. The van der Waals surface area contributed by atoms with Gasteiger partial charge in [-0.2, -0.15) is 0 Å². The zero-order valence-corrected chi connectivity index (χ0v) is 10.4. The molecule has 0 atom stereocenters. The number of carbonyl (C=O) groups excluding carboxylic acids is 1. The third-order valence-corrected chi connectivity index (χ3v) is 3.24. The Morgan fingerprint density at radius 2 is 2.26 bits per heavy atom. The van der Waals surface area contributed by atoms with Crippen molar-refractivity contribution in [3.05, 3.63) is 57.9 Å². The van der Waals surface area contributed by atoms with Gasteiger partial charge in [0.1, 0.15) is 5.82 Å². The lowest BCUT2D eigenvalue weighted by atomic mass is 10.2. The summed E-state index contributed by atoms with van der Waals surface area (Å²) >= 11 is 1.43. The molecule has 0 saturated carbocycles. The van der Waals surface area contributed by atoms with Gasteiger partial charge in [0.25, 0.3) is 0 Å². The molecule has 0 unspecified atom stereocenters. The molecule has 1 aliphatic rings. The van der Waals surface area contributed by atoms with Crippen LogP contribution in [0.25, 0.3) is 6.08 Å². The molecule has 0 bridgehead atoms. The van der Waals surface area contributed by atoms with Gasteiger partial charge in [-0.3, -0.25) is 4.98 Å². The van der Waals surface area contributed by atoms with E-state index in [0.717, 1.165) is 11.1 Å². The number of halogens is 1. The van der Waals surface area contributed by atoms with E-state index in [2.05, 4.69) is 9.98 Å². The molecule has 1 aliphatic heterocycles. The number of pyridine rings is 1. The van der Waals surface area contributed by atoms with Crippen LogP contribution in [0.2, 0.25) is 0 Å². The van der Waals surface area contributed by atoms with Crippen LogP contribution in [0, 0.1) is 5.82 Å². The van der Waals surface area contributed by atoms with Crippen molar-refractivity contribution in [1.29, 1.82) is 0 Å². The second-order valence-corrected chi connectivity index (χ2v) is 4.70. The number of thiophene rings is 1. The molecular formula is C13H7FN2O2S. The van der Waals surface area contributed by atoms with E-state index < -0.39 is 11.8 Å². The highest BCUT2D eigenvalue weighted by molar-refractivity contribution is 7.12. The summed E-state index contributed by atoms with van der Waals surface area (Å²) in [6.45, 7) is 0. The molecule has 19 heavy (non-hydrogen) atoms. The zero-order valence-electron chi connectivity index (χ0n) is 9.54. The Morgan fingerprint density at radius 3 is 3.00 bits per heavy atom. The highest BCUT2D eigenvalue weighted by atomic mass is 32.1. The van der Waals surface area contributed by atoms with E-state index in [-0.39, 0.29) is 11.6 Å². The molecule has 0 spiro atoms. The van der Waals surface area contributed by atoms with Gasteiger partial charge in [0, 0.05) is 6.20 Å². The number of hydrogen-bond donors (Lipinski definition) is 0. The second-order valence-electron chi connectivity index (χ2n) is 3.75. The average molecular weight is 274 g/mol. The maximum atomic E-state index is 13.0. The van der Waals surface area contributed by atoms with E-state index in [4.69, 9.17) is 4.74 Å². The van der Waals surface area contributed by atoms with E-state index in [1.165, 1.54) is 29.7 Å². The largest absolute Gasteiger partial charge is 0.401 e. The summed E-state index contributed by atoms with van der Waals surface area (Å²) in [5, 5.41) is 1.86. The van der Waals surface area contributed by atoms with Crippen LogP contribution in [-0.2, 0) is 9.53 Å². The number of rotatable bonds is 2. The lowest BCUT2D eigenvalue weighted by Crippen LogP contribution is -2.03. The van der Waals surface area contributed by atoms with E-state index >= 15 is 0 Å². The third kappa shape index (κ3) is 2.43. The monoisotopic (exact) mass is 274 g/mol. The quantitative estimate of drug-likeness (QED) is 0.625. The van der Waals surface area contributed by atoms with Crippen LogP contribution in [0.5, 0.6) is 0 Å². The van der Waals surface area contributed by atoms with Crippen molar-refractivity contribution in [1.82, 2.24) is 4.98 Å². The van der Waals surface area contributed by atoms with E-state index in [9.17, 15) is 9.18 Å². The SMILES string of the molecule is O=C1OC(c2cccs2)=N/C1=C/c1cncc(F)c1. The minimum absolute atomic E-state index is 0.135. The first-order valence-electron chi connectivity index (χ1n) is 5.39. The Hall–Kier alpha value is -2.34. The average Bonchev–Trinajstić information content (AvgIpc) is 3.00. The molecular weight excluding hydrogens is 267 g/mol. The molecule has 3 rings (SSSR count). The number of nitrogens with zero attached hydrogens (tertiary/aromatic N) is 2. The molecule has 0 N–H and O–H groups in total. The molecule has 0 aliphatic carbocycles. The van der Waals surface area contributed by atoms with Gasteiger partial charge in [-0.05, 0) is 29.2 Å². The first-order valence-corrected chi connectivity index (χ1v) is 6.27. The molecule has 2 aromatic rings. The minimum atomic E-state index is -0.548.